The van der Waals surface area contributed by atoms with Crippen molar-refractivity contribution in [3.63, 3.8) is 0 Å². The second-order valence-corrected chi connectivity index (χ2v) is 6.85. The number of benzene rings is 2. The number of aromatic nitrogens is 2. The lowest BCUT2D eigenvalue weighted by Crippen LogP contribution is -2.31. The molecule has 0 spiro atoms. The molecule has 6 heteroatoms. The van der Waals surface area contributed by atoms with Gasteiger partial charge in [-0.2, -0.15) is 0 Å². The fraction of sp³-hybridized carbons (Fsp3) is 0.350. The molecule has 0 aliphatic carbocycles. The van der Waals surface area contributed by atoms with Crippen LogP contribution in [0.2, 0.25) is 0 Å². The number of nitrogens with one attached hydrogen (secondary N) is 1. The van der Waals surface area contributed by atoms with E-state index in [1.54, 1.807) is 0 Å². The second kappa shape index (κ2) is 6.88. The minimum Gasteiger partial charge on any atom is -0.394 e. The second-order valence-electron chi connectivity index (χ2n) is 6.85. The van der Waals surface area contributed by atoms with Crippen LogP contribution in [0.3, 0.4) is 0 Å². The van der Waals surface area contributed by atoms with E-state index in [-0.39, 0.29) is 12.6 Å². The van der Waals surface area contributed by atoms with Gasteiger partial charge in [-0.25, -0.2) is 0 Å². The first-order valence-corrected chi connectivity index (χ1v) is 9.07. The number of aryl methyl sites for hydroxylation is 2. The van der Waals surface area contributed by atoms with Crippen molar-refractivity contribution in [1.82, 2.24) is 9.13 Å². The Morgan fingerprint density at radius 1 is 1.04 bits per heavy atom. The highest BCUT2D eigenvalue weighted by Crippen LogP contribution is 2.26. The van der Waals surface area contributed by atoms with Gasteiger partial charge < -0.3 is 19.1 Å². The Morgan fingerprint density at radius 2 is 1.69 bits per heavy atom. The highest BCUT2D eigenvalue weighted by Gasteiger charge is 2.23. The number of hydrogen-bond acceptors (Lipinski definition) is 4. The van der Waals surface area contributed by atoms with Crippen LogP contribution in [0.1, 0.15) is 12.8 Å². The van der Waals surface area contributed by atoms with Crippen molar-refractivity contribution in [1.29, 1.82) is 0 Å². The number of anilines is 2. The van der Waals surface area contributed by atoms with Gasteiger partial charge in [-0.1, -0.05) is 12.1 Å². The summed E-state index contributed by atoms with van der Waals surface area (Å²) in [6, 6.07) is 16.8. The normalized spacial score (nSPS) is 17.0. The molecule has 1 aliphatic rings. The van der Waals surface area contributed by atoms with Crippen molar-refractivity contribution < 1.29 is 5.11 Å². The molecule has 1 unspecified atom stereocenters. The maximum absolute atomic E-state index is 9.50. The van der Waals surface area contributed by atoms with Gasteiger partial charge in [0.1, 0.15) is 0 Å². The van der Waals surface area contributed by atoms with E-state index < -0.39 is 0 Å². The molecule has 2 heterocycles. The average Bonchev–Trinajstić information content (AvgIpc) is 3.25. The molecule has 26 heavy (non-hydrogen) atoms. The molecule has 4 rings (SSSR count). The maximum Gasteiger partial charge on any atom is 0.227 e. The minimum absolute atomic E-state index is 0.215. The molecule has 6 nitrogen and oxygen atoms in total. The highest BCUT2D eigenvalue weighted by atomic mass is 16.3. The van der Waals surface area contributed by atoms with Gasteiger partial charge in [0.15, 0.2) is 0 Å². The third kappa shape index (κ3) is 2.86. The molecule has 0 saturated carbocycles. The van der Waals surface area contributed by atoms with Crippen molar-refractivity contribution in [3.8, 4) is 0 Å². The van der Waals surface area contributed by atoms with E-state index in [1.165, 1.54) is 0 Å². The first kappa shape index (κ1) is 16.7. The standard InChI is InChI=1S/C20H25N5O/c1-23-18-7-3-4-8-19(18)24(2)20(23)22-21-15-9-11-16(12-10-15)25-13-5-6-17(25)14-26/h3-4,7-12,17,21,26H,5-6,13-14H2,1-2H3. The van der Waals surface area contributed by atoms with Crippen LogP contribution in [-0.4, -0.2) is 33.4 Å². The Hall–Kier alpha value is -2.73. The Bertz CT molecular complexity index is 928. The zero-order chi connectivity index (χ0) is 18.1. The highest BCUT2D eigenvalue weighted by molar-refractivity contribution is 5.75. The van der Waals surface area contributed by atoms with Crippen LogP contribution < -0.4 is 15.9 Å². The topological polar surface area (TPSA) is 57.7 Å². The first-order valence-electron chi connectivity index (χ1n) is 9.07. The number of imidazole rings is 1. The number of hydrogen-bond donors (Lipinski definition) is 2. The van der Waals surface area contributed by atoms with Crippen molar-refractivity contribution >= 4 is 22.4 Å². The molecule has 1 saturated heterocycles. The first-order chi connectivity index (χ1) is 12.7. The van der Waals surface area contributed by atoms with Gasteiger partial charge in [-0.3, -0.25) is 5.43 Å². The molecule has 0 radical (unpaired) electrons. The number of rotatable bonds is 4. The van der Waals surface area contributed by atoms with Gasteiger partial charge in [0.25, 0.3) is 0 Å². The van der Waals surface area contributed by atoms with Gasteiger partial charge in [-0.05, 0) is 49.2 Å². The van der Waals surface area contributed by atoms with Gasteiger partial charge in [0, 0.05) is 26.3 Å². The lowest BCUT2D eigenvalue weighted by molar-refractivity contribution is 0.266. The van der Waals surface area contributed by atoms with E-state index in [0.717, 1.165) is 47.4 Å². The van der Waals surface area contributed by atoms with E-state index in [0.29, 0.717) is 0 Å². The van der Waals surface area contributed by atoms with Gasteiger partial charge in [0.05, 0.1) is 29.4 Å². The lowest BCUT2D eigenvalue weighted by atomic mass is 10.2. The molecule has 0 amide bonds. The summed E-state index contributed by atoms with van der Waals surface area (Å²) in [6.07, 6.45) is 2.20. The Balaban J connectivity index is 1.58. The van der Waals surface area contributed by atoms with E-state index in [1.807, 2.05) is 38.4 Å². The van der Waals surface area contributed by atoms with Gasteiger partial charge in [-0.15, -0.1) is 5.10 Å². The lowest BCUT2D eigenvalue weighted by Gasteiger charge is -2.25. The molecular formula is C20H25N5O. The molecule has 1 atom stereocenters. The molecule has 1 aromatic heterocycles. The van der Waals surface area contributed by atoms with Crippen LogP contribution in [-0.2, 0) is 14.1 Å². The molecule has 1 aliphatic heterocycles. The fourth-order valence-electron chi connectivity index (χ4n) is 3.83. The van der Waals surface area contributed by atoms with Crippen LogP contribution >= 0.6 is 0 Å². The van der Waals surface area contributed by atoms with E-state index in [2.05, 4.69) is 48.8 Å². The summed E-state index contributed by atoms with van der Waals surface area (Å²) in [4.78, 5) is 2.28. The summed E-state index contributed by atoms with van der Waals surface area (Å²) < 4.78 is 4.15. The van der Waals surface area contributed by atoms with Gasteiger partial charge in [0.2, 0.25) is 5.62 Å². The molecule has 3 aromatic rings. The molecule has 136 valence electrons. The molecular weight excluding hydrogens is 326 g/mol. The number of nitrogens with zero attached hydrogens (tertiary/aromatic N) is 4. The van der Waals surface area contributed by atoms with Gasteiger partial charge >= 0.3 is 0 Å². The Morgan fingerprint density at radius 3 is 2.31 bits per heavy atom. The van der Waals surface area contributed by atoms with Crippen molar-refractivity contribution in [2.45, 2.75) is 18.9 Å². The zero-order valence-electron chi connectivity index (χ0n) is 15.3. The zero-order valence-corrected chi connectivity index (χ0v) is 15.3. The molecule has 0 bridgehead atoms. The SMILES string of the molecule is Cn1c(=NNc2ccc(N3CCCC3CO)cc2)n(C)c2ccccc21. The summed E-state index contributed by atoms with van der Waals surface area (Å²) in [5, 5.41) is 14.1. The average molecular weight is 351 g/mol. The predicted molar refractivity (Wildman–Crippen MR) is 105 cm³/mol. The van der Waals surface area contributed by atoms with Crippen molar-refractivity contribution in [2.75, 3.05) is 23.5 Å². The van der Waals surface area contributed by atoms with E-state index in [4.69, 9.17) is 0 Å². The summed E-state index contributed by atoms with van der Waals surface area (Å²) in [5.74, 6) is 0. The van der Waals surface area contributed by atoms with Crippen LogP contribution in [0, 0.1) is 0 Å². The van der Waals surface area contributed by atoms with E-state index in [9.17, 15) is 5.11 Å². The number of aliphatic hydroxyl groups is 1. The van der Waals surface area contributed by atoms with Crippen molar-refractivity contribution in [2.24, 2.45) is 19.2 Å². The largest absolute Gasteiger partial charge is 0.394 e. The number of para-hydroxylation sites is 2. The maximum atomic E-state index is 9.50. The smallest absolute Gasteiger partial charge is 0.227 e. The molecule has 1 fully saturated rings. The van der Waals surface area contributed by atoms with Crippen LogP contribution in [0.5, 0.6) is 0 Å². The number of fused-ring (bicyclic) bond motifs is 1. The minimum atomic E-state index is 0.215. The summed E-state index contributed by atoms with van der Waals surface area (Å²) in [7, 11) is 4.04. The predicted octanol–water partition coefficient (Wildman–Crippen LogP) is 2.41. The third-order valence-electron chi connectivity index (χ3n) is 5.28. The van der Waals surface area contributed by atoms with Crippen LogP contribution in [0.4, 0.5) is 11.4 Å². The fourth-order valence-corrected chi connectivity index (χ4v) is 3.83. The number of aliphatic hydroxyl groups excluding tert-OH is 1. The third-order valence-corrected chi connectivity index (χ3v) is 5.28. The van der Waals surface area contributed by atoms with Crippen molar-refractivity contribution in [3.05, 3.63) is 54.1 Å². The Kier molecular flexibility index (Phi) is 4.42. The van der Waals surface area contributed by atoms with Crippen LogP contribution in [0.25, 0.3) is 11.0 Å². The molecule has 2 aromatic carbocycles. The van der Waals surface area contributed by atoms with E-state index >= 15 is 0 Å². The Labute approximate surface area is 153 Å². The quantitative estimate of drug-likeness (QED) is 0.710. The molecule has 2 N–H and O–H groups in total. The summed E-state index contributed by atoms with van der Waals surface area (Å²) >= 11 is 0. The monoisotopic (exact) mass is 351 g/mol. The summed E-state index contributed by atoms with van der Waals surface area (Å²) in [6.45, 7) is 1.22. The summed E-state index contributed by atoms with van der Waals surface area (Å²) in [5.41, 5.74) is 8.41. The van der Waals surface area contributed by atoms with Crippen LogP contribution in [0.15, 0.2) is 53.6 Å².